The largest absolute Gasteiger partial charge is 0.550 e. The van der Waals surface area contributed by atoms with Crippen LogP contribution in [0.15, 0.2) is 53.6 Å². The van der Waals surface area contributed by atoms with Crippen molar-refractivity contribution < 1.29 is 23.8 Å². The van der Waals surface area contributed by atoms with Crippen LogP contribution in [0.3, 0.4) is 0 Å². The zero-order chi connectivity index (χ0) is 19.4. The topological polar surface area (TPSA) is 82.0 Å². The molecule has 140 valence electrons. The molecule has 0 aliphatic carbocycles. The van der Waals surface area contributed by atoms with E-state index in [0.717, 1.165) is 5.56 Å². The molecule has 6 nitrogen and oxygen atoms in total. The summed E-state index contributed by atoms with van der Waals surface area (Å²) in [5.41, 5.74) is 1.74. The van der Waals surface area contributed by atoms with Crippen LogP contribution >= 0.6 is 0 Å². The van der Waals surface area contributed by atoms with E-state index in [1.165, 1.54) is 11.1 Å². The minimum Gasteiger partial charge on any atom is -0.550 e. The summed E-state index contributed by atoms with van der Waals surface area (Å²) in [5.74, 6) is -1.56. The molecule has 0 spiro atoms. The van der Waals surface area contributed by atoms with Gasteiger partial charge in [-0.1, -0.05) is 18.2 Å². The third-order valence-corrected chi connectivity index (χ3v) is 4.40. The highest BCUT2D eigenvalue weighted by Crippen LogP contribution is 2.34. The van der Waals surface area contributed by atoms with E-state index in [1.54, 1.807) is 37.4 Å². The second kappa shape index (κ2) is 7.99. The van der Waals surface area contributed by atoms with Crippen molar-refractivity contribution in [2.24, 2.45) is 5.10 Å². The normalized spacial score (nSPS) is 16.1. The Bertz CT molecular complexity index is 880. The van der Waals surface area contributed by atoms with Crippen LogP contribution in [-0.2, 0) is 9.59 Å². The van der Waals surface area contributed by atoms with Crippen LogP contribution in [0.25, 0.3) is 0 Å². The van der Waals surface area contributed by atoms with Gasteiger partial charge in [0.1, 0.15) is 11.6 Å². The zero-order valence-corrected chi connectivity index (χ0v) is 14.7. The maximum atomic E-state index is 14.3. The minimum absolute atomic E-state index is 0.257. The Hall–Kier alpha value is -3.22. The first kappa shape index (κ1) is 18.6. The molecular weight excluding hydrogens is 351 g/mol. The van der Waals surface area contributed by atoms with Crippen LogP contribution in [0.1, 0.15) is 36.4 Å². The number of methoxy groups -OCH3 is 1. The zero-order valence-electron chi connectivity index (χ0n) is 14.7. The maximum absolute atomic E-state index is 14.3. The summed E-state index contributed by atoms with van der Waals surface area (Å²) in [6, 6.07) is 12.7. The van der Waals surface area contributed by atoms with E-state index in [4.69, 9.17) is 4.74 Å². The minimum atomic E-state index is -1.32. The van der Waals surface area contributed by atoms with Gasteiger partial charge in [0, 0.05) is 24.4 Å². The number of nitrogens with zero attached hydrogens (tertiary/aromatic N) is 2. The molecule has 0 aromatic heterocycles. The molecule has 0 unspecified atom stereocenters. The summed E-state index contributed by atoms with van der Waals surface area (Å²) >= 11 is 0. The van der Waals surface area contributed by atoms with Crippen LogP contribution in [0.2, 0.25) is 0 Å². The molecule has 1 aliphatic rings. The first-order valence-corrected chi connectivity index (χ1v) is 8.48. The quantitative estimate of drug-likeness (QED) is 0.780. The van der Waals surface area contributed by atoms with Crippen molar-refractivity contribution in [3.8, 4) is 5.75 Å². The van der Waals surface area contributed by atoms with Gasteiger partial charge in [-0.3, -0.25) is 4.79 Å². The lowest BCUT2D eigenvalue weighted by Crippen LogP contribution is -2.30. The van der Waals surface area contributed by atoms with Gasteiger partial charge < -0.3 is 14.6 Å². The van der Waals surface area contributed by atoms with Gasteiger partial charge in [0.05, 0.1) is 18.9 Å². The number of aliphatic carboxylic acids is 1. The molecule has 0 radical (unpaired) electrons. The molecule has 2 aromatic carbocycles. The number of carbonyl (C=O) groups excluding carboxylic acids is 2. The van der Waals surface area contributed by atoms with Gasteiger partial charge in [0.25, 0.3) is 0 Å². The van der Waals surface area contributed by atoms with Crippen LogP contribution in [0.5, 0.6) is 5.75 Å². The second-order valence-electron chi connectivity index (χ2n) is 6.13. The third kappa shape index (κ3) is 4.13. The van der Waals surface area contributed by atoms with E-state index < -0.39 is 30.2 Å². The molecule has 0 saturated heterocycles. The Kier molecular flexibility index (Phi) is 5.49. The Morgan fingerprint density at radius 1 is 1.19 bits per heavy atom. The van der Waals surface area contributed by atoms with Crippen molar-refractivity contribution in [2.45, 2.75) is 25.3 Å². The van der Waals surface area contributed by atoms with Gasteiger partial charge in [-0.15, -0.1) is 0 Å². The van der Waals surface area contributed by atoms with E-state index in [-0.39, 0.29) is 6.42 Å². The fraction of sp³-hybridized carbons (Fsp3) is 0.250. The molecule has 1 atom stereocenters. The summed E-state index contributed by atoms with van der Waals surface area (Å²) in [6.45, 7) is 0. The number of carboxylic acid groups (broad SMARTS) is 1. The van der Waals surface area contributed by atoms with E-state index in [1.807, 2.05) is 12.1 Å². The predicted molar refractivity (Wildman–Crippen MR) is 94.4 cm³/mol. The highest BCUT2D eigenvalue weighted by Gasteiger charge is 2.34. The summed E-state index contributed by atoms with van der Waals surface area (Å²) in [6.07, 6.45) is -0.344. The highest BCUT2D eigenvalue weighted by atomic mass is 19.1. The molecule has 0 saturated carbocycles. The number of hydrogen-bond acceptors (Lipinski definition) is 5. The van der Waals surface area contributed by atoms with Gasteiger partial charge in [0.2, 0.25) is 5.91 Å². The number of benzene rings is 2. The van der Waals surface area contributed by atoms with E-state index in [0.29, 0.717) is 23.4 Å². The van der Waals surface area contributed by atoms with Gasteiger partial charge in [0.15, 0.2) is 0 Å². The summed E-state index contributed by atoms with van der Waals surface area (Å²) in [5, 5.41) is 16.2. The molecule has 1 heterocycles. The van der Waals surface area contributed by atoms with E-state index in [9.17, 15) is 19.1 Å². The Balaban J connectivity index is 1.91. The van der Waals surface area contributed by atoms with Crippen LogP contribution in [-0.4, -0.2) is 29.7 Å². The average Bonchev–Trinajstić information content (AvgIpc) is 3.11. The molecule has 0 N–H and O–H groups in total. The standard InChI is InChI=1S/C20H19FN2O4/c1-27-14-8-6-13(7-9-14)17-12-18(15-4-2-3-5-16(15)21)23(22-17)19(24)10-11-20(25)26/h2-9,18H,10-12H2,1H3,(H,25,26)/p-1/t18-/m0/s1. The van der Waals surface area contributed by atoms with E-state index >= 15 is 0 Å². The number of carbonyl (C=O) groups is 2. The molecule has 2 aromatic rings. The predicted octanol–water partition coefficient (Wildman–Crippen LogP) is 2.04. The second-order valence-corrected chi connectivity index (χ2v) is 6.13. The van der Waals surface area contributed by atoms with Crippen LogP contribution < -0.4 is 9.84 Å². The fourth-order valence-corrected chi connectivity index (χ4v) is 3.01. The lowest BCUT2D eigenvalue weighted by molar-refractivity contribution is -0.305. The lowest BCUT2D eigenvalue weighted by atomic mass is 9.98. The van der Waals surface area contributed by atoms with Gasteiger partial charge in [-0.25, -0.2) is 9.40 Å². The van der Waals surface area contributed by atoms with Gasteiger partial charge in [-0.05, 0) is 42.3 Å². The smallest absolute Gasteiger partial charge is 0.243 e. The van der Waals surface area contributed by atoms with Crippen molar-refractivity contribution in [1.29, 1.82) is 0 Å². The van der Waals surface area contributed by atoms with Crippen LogP contribution in [0, 0.1) is 5.82 Å². The molecule has 1 aliphatic heterocycles. The number of amides is 1. The average molecular weight is 369 g/mol. The maximum Gasteiger partial charge on any atom is 0.243 e. The monoisotopic (exact) mass is 369 g/mol. The molecule has 7 heteroatoms. The summed E-state index contributed by atoms with van der Waals surface area (Å²) in [7, 11) is 1.56. The summed E-state index contributed by atoms with van der Waals surface area (Å²) in [4.78, 5) is 23.2. The highest BCUT2D eigenvalue weighted by molar-refractivity contribution is 6.03. The number of carboxylic acids is 1. The van der Waals surface area contributed by atoms with Gasteiger partial charge in [-0.2, -0.15) is 5.10 Å². The number of halogens is 1. The molecule has 3 rings (SSSR count). The molecule has 27 heavy (non-hydrogen) atoms. The van der Waals surface area contributed by atoms with Crippen molar-refractivity contribution in [1.82, 2.24) is 5.01 Å². The SMILES string of the molecule is COc1ccc(C2=NN(C(=O)CCC(=O)[O-])[C@H](c3ccccc3F)C2)cc1. The lowest BCUT2D eigenvalue weighted by Gasteiger charge is -2.22. The third-order valence-electron chi connectivity index (χ3n) is 4.40. The van der Waals surface area contributed by atoms with Crippen molar-refractivity contribution in [2.75, 3.05) is 7.11 Å². The molecule has 0 bridgehead atoms. The molecule has 1 amide bonds. The Morgan fingerprint density at radius 2 is 1.89 bits per heavy atom. The van der Waals surface area contributed by atoms with Crippen molar-refractivity contribution >= 4 is 17.6 Å². The summed E-state index contributed by atoms with van der Waals surface area (Å²) < 4.78 is 19.4. The number of rotatable bonds is 6. The number of hydrogen-bond donors (Lipinski definition) is 0. The van der Waals surface area contributed by atoms with Gasteiger partial charge >= 0.3 is 0 Å². The first-order chi connectivity index (χ1) is 13.0. The van der Waals surface area contributed by atoms with Crippen LogP contribution in [0.4, 0.5) is 4.39 Å². The number of hydrazone groups is 1. The van der Waals surface area contributed by atoms with Crippen molar-refractivity contribution in [3.63, 3.8) is 0 Å². The molecule has 0 fully saturated rings. The molecular formula is C20H18FN2O4-. The first-order valence-electron chi connectivity index (χ1n) is 8.48. The fourth-order valence-electron chi connectivity index (χ4n) is 3.01. The Labute approximate surface area is 155 Å². The van der Waals surface area contributed by atoms with Crippen molar-refractivity contribution in [3.05, 3.63) is 65.5 Å². The Morgan fingerprint density at radius 3 is 2.52 bits per heavy atom. The number of ether oxygens (including phenoxy) is 1. The van der Waals surface area contributed by atoms with E-state index in [2.05, 4.69) is 5.10 Å².